The minimum atomic E-state index is -4.76. The normalized spacial score (nSPS) is 13.2. The van der Waals surface area contributed by atoms with E-state index in [1.807, 2.05) is 24.3 Å². The number of alkyl halides is 3. The van der Waals surface area contributed by atoms with E-state index in [-0.39, 0.29) is 29.9 Å². The molecule has 1 aliphatic rings. The molecule has 0 aliphatic carbocycles. The molecule has 33 heavy (non-hydrogen) atoms. The first-order valence-corrected chi connectivity index (χ1v) is 10.1. The van der Waals surface area contributed by atoms with Gasteiger partial charge in [-0.05, 0) is 54.4 Å². The Morgan fingerprint density at radius 3 is 2.64 bits per heavy atom. The Hall–Kier alpha value is -4.08. The predicted octanol–water partition coefficient (Wildman–Crippen LogP) is 4.69. The zero-order chi connectivity index (χ0) is 23.0. The van der Waals surface area contributed by atoms with Gasteiger partial charge in [0.25, 0.3) is 5.89 Å². The summed E-state index contributed by atoms with van der Waals surface area (Å²) in [5, 5.41) is 3.92. The molecule has 0 radical (unpaired) electrons. The summed E-state index contributed by atoms with van der Waals surface area (Å²) in [6.07, 6.45) is -2.19. The average molecular weight is 454 g/mol. The Bertz CT molecular complexity index is 1290. The second-order valence-corrected chi connectivity index (χ2v) is 7.44. The Morgan fingerprint density at radius 1 is 1.06 bits per heavy atom. The molecule has 1 amide bonds. The molecule has 168 valence electrons. The number of ether oxygens (including phenoxy) is 1. The van der Waals surface area contributed by atoms with Gasteiger partial charge in [-0.2, -0.15) is 4.98 Å². The zero-order valence-corrected chi connectivity index (χ0v) is 17.1. The standard InChI is InChI=1S/C23H17F3N4O3/c24-23(25,26)32-17-9-7-16(8-10-17)21-27-22(33-28-21)19-6-3-12-29(19)14-20(31)30-13-11-15-4-1-2-5-18(15)30/h1-10,12H,11,13-14H2. The average Bonchev–Trinajstić information content (AvgIpc) is 3.52. The summed E-state index contributed by atoms with van der Waals surface area (Å²) in [6, 6.07) is 16.5. The molecule has 0 atom stereocenters. The van der Waals surface area contributed by atoms with E-state index in [0.29, 0.717) is 17.8 Å². The van der Waals surface area contributed by atoms with Crippen LogP contribution in [0.2, 0.25) is 0 Å². The molecule has 0 saturated carbocycles. The van der Waals surface area contributed by atoms with Crippen molar-refractivity contribution in [3.8, 4) is 28.7 Å². The lowest BCUT2D eigenvalue weighted by Gasteiger charge is -2.18. The highest BCUT2D eigenvalue weighted by molar-refractivity contribution is 5.95. The SMILES string of the molecule is O=C(Cn1cccc1-c1nc(-c2ccc(OC(F)(F)F)cc2)no1)N1CCc2ccccc21. The molecule has 7 nitrogen and oxygen atoms in total. The maximum absolute atomic E-state index is 13.0. The van der Waals surface area contributed by atoms with Crippen LogP contribution in [0.15, 0.2) is 71.4 Å². The van der Waals surface area contributed by atoms with Crippen LogP contribution in [0.25, 0.3) is 23.0 Å². The van der Waals surface area contributed by atoms with Crippen LogP contribution >= 0.6 is 0 Å². The number of anilines is 1. The van der Waals surface area contributed by atoms with Gasteiger partial charge in [-0.3, -0.25) is 4.79 Å². The van der Waals surface area contributed by atoms with Gasteiger partial charge >= 0.3 is 6.36 Å². The molecule has 10 heteroatoms. The second kappa shape index (κ2) is 8.12. The lowest BCUT2D eigenvalue weighted by atomic mass is 10.2. The van der Waals surface area contributed by atoms with Gasteiger partial charge in [0.2, 0.25) is 11.7 Å². The third-order valence-corrected chi connectivity index (χ3v) is 5.31. The van der Waals surface area contributed by atoms with E-state index < -0.39 is 6.36 Å². The smallest absolute Gasteiger partial charge is 0.406 e. The quantitative estimate of drug-likeness (QED) is 0.437. The van der Waals surface area contributed by atoms with E-state index in [0.717, 1.165) is 17.7 Å². The minimum absolute atomic E-state index is 0.0580. The fraction of sp³-hybridized carbons (Fsp3) is 0.174. The lowest BCUT2D eigenvalue weighted by molar-refractivity contribution is -0.274. The number of carbonyl (C=O) groups excluding carboxylic acids is 1. The predicted molar refractivity (Wildman–Crippen MR) is 112 cm³/mol. The van der Waals surface area contributed by atoms with E-state index in [9.17, 15) is 18.0 Å². The molecular formula is C23H17F3N4O3. The summed E-state index contributed by atoms with van der Waals surface area (Å²) in [6.45, 7) is 0.728. The molecule has 2 aromatic heterocycles. The van der Waals surface area contributed by atoms with Crippen LogP contribution < -0.4 is 9.64 Å². The molecule has 0 unspecified atom stereocenters. The van der Waals surface area contributed by atoms with Crippen LogP contribution in [-0.2, 0) is 17.8 Å². The van der Waals surface area contributed by atoms with E-state index in [1.165, 1.54) is 24.3 Å². The van der Waals surface area contributed by atoms with Crippen molar-refractivity contribution in [1.82, 2.24) is 14.7 Å². The van der Waals surface area contributed by atoms with Crippen molar-refractivity contribution in [3.05, 3.63) is 72.4 Å². The van der Waals surface area contributed by atoms with E-state index in [1.54, 1.807) is 27.8 Å². The number of hydrogen-bond donors (Lipinski definition) is 0. The Balaban J connectivity index is 1.33. The summed E-state index contributed by atoms with van der Waals surface area (Å²) < 4.78 is 48.0. The highest BCUT2D eigenvalue weighted by atomic mass is 19.4. The third kappa shape index (κ3) is 4.32. The molecule has 0 bridgehead atoms. The molecule has 0 saturated heterocycles. The van der Waals surface area contributed by atoms with Gasteiger partial charge in [-0.15, -0.1) is 13.2 Å². The number of carbonyl (C=O) groups is 1. The van der Waals surface area contributed by atoms with Crippen molar-refractivity contribution in [1.29, 1.82) is 0 Å². The first kappa shape index (κ1) is 20.8. The molecule has 3 heterocycles. The van der Waals surface area contributed by atoms with Crippen molar-refractivity contribution in [3.63, 3.8) is 0 Å². The number of aromatic nitrogens is 3. The maximum Gasteiger partial charge on any atom is 0.573 e. The third-order valence-electron chi connectivity index (χ3n) is 5.31. The topological polar surface area (TPSA) is 73.4 Å². The molecule has 0 spiro atoms. The Labute approximate surface area is 186 Å². The Morgan fingerprint density at radius 2 is 1.85 bits per heavy atom. The number of benzene rings is 2. The number of hydrogen-bond acceptors (Lipinski definition) is 5. The molecular weight excluding hydrogens is 437 g/mol. The first-order chi connectivity index (χ1) is 15.9. The molecule has 0 N–H and O–H groups in total. The number of rotatable bonds is 5. The molecule has 5 rings (SSSR count). The molecule has 1 aliphatic heterocycles. The maximum atomic E-state index is 13.0. The van der Waals surface area contributed by atoms with E-state index >= 15 is 0 Å². The fourth-order valence-electron chi connectivity index (χ4n) is 3.82. The summed E-state index contributed by atoms with van der Waals surface area (Å²) >= 11 is 0. The number of nitrogens with zero attached hydrogens (tertiary/aromatic N) is 4. The van der Waals surface area contributed by atoms with Crippen molar-refractivity contribution in [2.75, 3.05) is 11.4 Å². The first-order valence-electron chi connectivity index (χ1n) is 10.1. The summed E-state index contributed by atoms with van der Waals surface area (Å²) in [7, 11) is 0. The minimum Gasteiger partial charge on any atom is -0.406 e. The van der Waals surface area contributed by atoms with Crippen molar-refractivity contribution in [2.24, 2.45) is 0 Å². The van der Waals surface area contributed by atoms with Gasteiger partial charge < -0.3 is 18.7 Å². The fourth-order valence-corrected chi connectivity index (χ4v) is 3.82. The summed E-state index contributed by atoms with van der Waals surface area (Å²) in [4.78, 5) is 19.1. The highest BCUT2D eigenvalue weighted by Gasteiger charge is 2.31. The number of halogens is 3. The highest BCUT2D eigenvalue weighted by Crippen LogP contribution is 2.29. The van der Waals surface area contributed by atoms with Crippen molar-refractivity contribution in [2.45, 2.75) is 19.3 Å². The lowest BCUT2D eigenvalue weighted by Crippen LogP contribution is -2.32. The van der Waals surface area contributed by atoms with Gasteiger partial charge in [0.05, 0.1) is 0 Å². The van der Waals surface area contributed by atoms with Gasteiger partial charge in [0, 0.05) is 24.0 Å². The number of amides is 1. The van der Waals surface area contributed by atoms with Crippen LogP contribution in [0.5, 0.6) is 5.75 Å². The van der Waals surface area contributed by atoms with Crippen LogP contribution in [0, 0.1) is 0 Å². The van der Waals surface area contributed by atoms with Gasteiger partial charge in [0.1, 0.15) is 18.0 Å². The monoisotopic (exact) mass is 454 g/mol. The van der Waals surface area contributed by atoms with E-state index in [4.69, 9.17) is 4.52 Å². The molecule has 2 aromatic carbocycles. The van der Waals surface area contributed by atoms with Gasteiger partial charge in [-0.25, -0.2) is 0 Å². The van der Waals surface area contributed by atoms with Gasteiger partial charge in [-0.1, -0.05) is 23.4 Å². The largest absolute Gasteiger partial charge is 0.573 e. The summed E-state index contributed by atoms with van der Waals surface area (Å²) in [5.41, 5.74) is 3.09. The Kier molecular flexibility index (Phi) is 5.12. The van der Waals surface area contributed by atoms with Crippen LogP contribution in [-0.4, -0.2) is 33.5 Å². The zero-order valence-electron chi connectivity index (χ0n) is 17.1. The van der Waals surface area contributed by atoms with Crippen LogP contribution in [0.3, 0.4) is 0 Å². The van der Waals surface area contributed by atoms with Crippen LogP contribution in [0.4, 0.5) is 18.9 Å². The number of para-hydroxylation sites is 1. The number of fused-ring (bicyclic) bond motifs is 1. The molecule has 4 aromatic rings. The van der Waals surface area contributed by atoms with Gasteiger partial charge in [0.15, 0.2) is 0 Å². The summed E-state index contributed by atoms with van der Waals surface area (Å²) in [5.74, 6) is -0.000388. The second-order valence-electron chi connectivity index (χ2n) is 7.44. The van der Waals surface area contributed by atoms with Crippen LogP contribution in [0.1, 0.15) is 5.56 Å². The molecule has 0 fully saturated rings. The van der Waals surface area contributed by atoms with E-state index in [2.05, 4.69) is 14.9 Å². The van der Waals surface area contributed by atoms with Crippen molar-refractivity contribution >= 4 is 11.6 Å². The van der Waals surface area contributed by atoms with Crippen molar-refractivity contribution < 1.29 is 27.2 Å².